The SMILES string of the molecule is COc1cc(Br)c(C(c2ccc(C)cc2)N2CCNCC2)cc1OC. The second-order valence-electron chi connectivity index (χ2n) is 6.33. The molecule has 1 atom stereocenters. The minimum Gasteiger partial charge on any atom is -0.493 e. The van der Waals surface area contributed by atoms with Crippen LogP contribution in [0.1, 0.15) is 22.7 Å². The molecule has 1 N–H and O–H groups in total. The van der Waals surface area contributed by atoms with Gasteiger partial charge in [0.05, 0.1) is 20.3 Å². The highest BCUT2D eigenvalue weighted by Crippen LogP contribution is 2.40. The van der Waals surface area contributed by atoms with E-state index in [4.69, 9.17) is 9.47 Å². The minimum atomic E-state index is 0.178. The van der Waals surface area contributed by atoms with Crippen LogP contribution in [-0.2, 0) is 0 Å². The smallest absolute Gasteiger partial charge is 0.161 e. The normalized spacial score (nSPS) is 16.5. The number of ether oxygens (including phenoxy) is 2. The number of nitrogens with one attached hydrogen (secondary N) is 1. The van der Waals surface area contributed by atoms with E-state index >= 15 is 0 Å². The molecule has 5 heteroatoms. The fourth-order valence-corrected chi connectivity index (χ4v) is 3.89. The van der Waals surface area contributed by atoms with Crippen molar-refractivity contribution in [1.29, 1.82) is 0 Å². The lowest BCUT2D eigenvalue weighted by atomic mass is 9.95. The second-order valence-corrected chi connectivity index (χ2v) is 7.18. The maximum Gasteiger partial charge on any atom is 0.161 e. The monoisotopic (exact) mass is 404 g/mol. The van der Waals surface area contributed by atoms with Crippen molar-refractivity contribution in [3.05, 3.63) is 57.6 Å². The summed E-state index contributed by atoms with van der Waals surface area (Å²) in [5, 5.41) is 3.44. The fraction of sp³-hybridized carbons (Fsp3) is 0.400. The van der Waals surface area contributed by atoms with Crippen LogP contribution >= 0.6 is 15.9 Å². The Balaban J connectivity index is 2.09. The predicted molar refractivity (Wildman–Crippen MR) is 105 cm³/mol. The first-order chi connectivity index (χ1) is 12.1. The summed E-state index contributed by atoms with van der Waals surface area (Å²) in [7, 11) is 3.35. The van der Waals surface area contributed by atoms with E-state index in [1.54, 1.807) is 14.2 Å². The molecule has 1 unspecified atom stereocenters. The van der Waals surface area contributed by atoms with Gasteiger partial charge in [-0.25, -0.2) is 0 Å². The van der Waals surface area contributed by atoms with Gasteiger partial charge >= 0.3 is 0 Å². The molecule has 0 saturated carbocycles. The number of halogens is 1. The number of aryl methyl sites for hydroxylation is 1. The molecular formula is C20H25BrN2O2. The van der Waals surface area contributed by atoms with Crippen molar-refractivity contribution in [3.8, 4) is 11.5 Å². The van der Waals surface area contributed by atoms with Crippen LogP contribution in [0.4, 0.5) is 0 Å². The van der Waals surface area contributed by atoms with Gasteiger partial charge in [-0.3, -0.25) is 4.90 Å². The molecule has 3 rings (SSSR count). The zero-order chi connectivity index (χ0) is 17.8. The average Bonchev–Trinajstić information content (AvgIpc) is 2.65. The number of nitrogens with zero attached hydrogens (tertiary/aromatic N) is 1. The zero-order valence-electron chi connectivity index (χ0n) is 15.0. The third-order valence-electron chi connectivity index (χ3n) is 4.71. The van der Waals surface area contributed by atoms with Crippen LogP contribution in [0.2, 0.25) is 0 Å². The molecule has 0 spiro atoms. The summed E-state index contributed by atoms with van der Waals surface area (Å²) >= 11 is 3.75. The van der Waals surface area contributed by atoms with Crippen LogP contribution in [0.3, 0.4) is 0 Å². The van der Waals surface area contributed by atoms with E-state index in [9.17, 15) is 0 Å². The van der Waals surface area contributed by atoms with Gasteiger partial charge in [0.25, 0.3) is 0 Å². The van der Waals surface area contributed by atoms with Gasteiger partial charge in [0, 0.05) is 30.7 Å². The van der Waals surface area contributed by atoms with E-state index < -0.39 is 0 Å². The Hall–Kier alpha value is -1.56. The van der Waals surface area contributed by atoms with Crippen LogP contribution in [0.15, 0.2) is 40.9 Å². The van der Waals surface area contributed by atoms with Gasteiger partial charge in [-0.05, 0) is 30.2 Å². The lowest BCUT2D eigenvalue weighted by Gasteiger charge is -2.36. The first kappa shape index (κ1) is 18.2. The van der Waals surface area contributed by atoms with Crippen LogP contribution in [-0.4, -0.2) is 45.3 Å². The quantitative estimate of drug-likeness (QED) is 0.821. The Morgan fingerprint density at radius 2 is 1.60 bits per heavy atom. The molecule has 1 saturated heterocycles. The number of hydrogen-bond donors (Lipinski definition) is 1. The Morgan fingerprint density at radius 1 is 1.00 bits per heavy atom. The first-order valence-corrected chi connectivity index (χ1v) is 9.36. The third-order valence-corrected chi connectivity index (χ3v) is 5.39. The van der Waals surface area contributed by atoms with Gasteiger partial charge in [-0.2, -0.15) is 0 Å². The molecule has 1 fully saturated rings. The third kappa shape index (κ3) is 4.00. The standard InChI is InChI=1S/C20H25BrN2O2/c1-14-4-6-15(7-5-14)20(23-10-8-22-9-11-23)16-12-18(24-2)19(25-3)13-17(16)21/h4-7,12-13,20,22H,8-11H2,1-3H3. The summed E-state index contributed by atoms with van der Waals surface area (Å²) in [6.45, 7) is 6.16. The fourth-order valence-electron chi connectivity index (χ4n) is 3.36. The maximum absolute atomic E-state index is 5.55. The second kappa shape index (κ2) is 8.21. The lowest BCUT2D eigenvalue weighted by Crippen LogP contribution is -2.45. The molecule has 134 valence electrons. The van der Waals surface area contributed by atoms with Crippen LogP contribution in [0.25, 0.3) is 0 Å². The van der Waals surface area contributed by atoms with Crippen LogP contribution in [0.5, 0.6) is 11.5 Å². The number of hydrogen-bond acceptors (Lipinski definition) is 4. The zero-order valence-corrected chi connectivity index (χ0v) is 16.6. The van der Waals surface area contributed by atoms with Crippen molar-refractivity contribution >= 4 is 15.9 Å². The van der Waals surface area contributed by atoms with Crippen molar-refractivity contribution in [1.82, 2.24) is 10.2 Å². The predicted octanol–water partition coefficient (Wildman–Crippen LogP) is 3.77. The molecular weight excluding hydrogens is 380 g/mol. The maximum atomic E-state index is 5.55. The summed E-state index contributed by atoms with van der Waals surface area (Å²) in [5.41, 5.74) is 3.76. The van der Waals surface area contributed by atoms with Gasteiger partial charge < -0.3 is 14.8 Å². The van der Waals surface area contributed by atoms with E-state index in [0.29, 0.717) is 0 Å². The number of piperazine rings is 1. The Labute approximate surface area is 158 Å². The molecule has 1 heterocycles. The van der Waals surface area contributed by atoms with E-state index in [2.05, 4.69) is 63.4 Å². The summed E-state index contributed by atoms with van der Waals surface area (Å²) in [6, 6.07) is 13.1. The molecule has 4 nitrogen and oxygen atoms in total. The van der Waals surface area contributed by atoms with Crippen molar-refractivity contribution in [3.63, 3.8) is 0 Å². The Kier molecular flexibility index (Phi) is 5.99. The number of benzene rings is 2. The number of methoxy groups -OCH3 is 2. The van der Waals surface area contributed by atoms with E-state index in [1.165, 1.54) is 16.7 Å². The Bertz CT molecular complexity index is 712. The van der Waals surface area contributed by atoms with Gasteiger partial charge in [0.2, 0.25) is 0 Å². The molecule has 0 amide bonds. The summed E-state index contributed by atoms with van der Waals surface area (Å²) in [6.07, 6.45) is 0. The van der Waals surface area contributed by atoms with Crippen molar-refractivity contribution in [2.75, 3.05) is 40.4 Å². The Morgan fingerprint density at radius 3 is 2.20 bits per heavy atom. The van der Waals surface area contributed by atoms with Crippen LogP contribution < -0.4 is 14.8 Å². The molecule has 0 aromatic heterocycles. The van der Waals surface area contributed by atoms with Crippen molar-refractivity contribution in [2.45, 2.75) is 13.0 Å². The molecule has 2 aromatic rings. The largest absolute Gasteiger partial charge is 0.493 e. The topological polar surface area (TPSA) is 33.7 Å². The van der Waals surface area contributed by atoms with Crippen molar-refractivity contribution < 1.29 is 9.47 Å². The van der Waals surface area contributed by atoms with Gasteiger partial charge in [0.1, 0.15) is 0 Å². The molecule has 25 heavy (non-hydrogen) atoms. The van der Waals surface area contributed by atoms with Gasteiger partial charge in [-0.15, -0.1) is 0 Å². The van der Waals surface area contributed by atoms with Gasteiger partial charge in [0.15, 0.2) is 11.5 Å². The summed E-state index contributed by atoms with van der Waals surface area (Å²) in [5.74, 6) is 1.49. The summed E-state index contributed by atoms with van der Waals surface area (Å²) in [4.78, 5) is 2.52. The molecule has 0 aliphatic carbocycles. The van der Waals surface area contributed by atoms with E-state index in [0.717, 1.165) is 42.2 Å². The highest BCUT2D eigenvalue weighted by atomic mass is 79.9. The molecule has 2 aromatic carbocycles. The molecule has 1 aliphatic heterocycles. The van der Waals surface area contributed by atoms with E-state index in [1.807, 2.05) is 6.07 Å². The molecule has 1 aliphatic rings. The average molecular weight is 405 g/mol. The molecule has 0 bridgehead atoms. The van der Waals surface area contributed by atoms with Crippen molar-refractivity contribution in [2.24, 2.45) is 0 Å². The first-order valence-electron chi connectivity index (χ1n) is 8.56. The van der Waals surface area contributed by atoms with E-state index in [-0.39, 0.29) is 6.04 Å². The minimum absolute atomic E-state index is 0.178. The molecule has 0 radical (unpaired) electrons. The summed E-state index contributed by atoms with van der Waals surface area (Å²) < 4.78 is 12.0. The highest BCUT2D eigenvalue weighted by Gasteiger charge is 2.27. The number of rotatable bonds is 5. The van der Waals surface area contributed by atoms with Crippen LogP contribution in [0, 0.1) is 6.92 Å². The lowest BCUT2D eigenvalue weighted by molar-refractivity contribution is 0.197. The highest BCUT2D eigenvalue weighted by molar-refractivity contribution is 9.10. The van der Waals surface area contributed by atoms with Gasteiger partial charge in [-0.1, -0.05) is 45.8 Å².